The Morgan fingerprint density at radius 3 is 3.05 bits per heavy atom. The molecule has 2 atom stereocenters. The van der Waals surface area contributed by atoms with E-state index in [1.54, 1.807) is 6.20 Å². The summed E-state index contributed by atoms with van der Waals surface area (Å²) in [6.07, 6.45) is 8.00. The lowest BCUT2D eigenvalue weighted by Crippen LogP contribution is -2.55. The van der Waals surface area contributed by atoms with E-state index in [9.17, 15) is 9.90 Å². The third kappa shape index (κ3) is 2.81. The maximum absolute atomic E-state index is 11.7. The minimum atomic E-state index is -0.768. The summed E-state index contributed by atoms with van der Waals surface area (Å²) in [5.74, 6) is 0.241. The smallest absolute Gasteiger partial charge is 0.323 e. The van der Waals surface area contributed by atoms with Gasteiger partial charge in [0.15, 0.2) is 0 Å². The summed E-state index contributed by atoms with van der Waals surface area (Å²) in [5.41, 5.74) is -0.768. The SMILES string of the molecule is CCCNC1(C(=O)O)CCCC(n2ccnc2C)C1. The second-order valence-corrected chi connectivity index (χ2v) is 5.45. The lowest BCUT2D eigenvalue weighted by molar-refractivity contribution is -0.147. The molecule has 19 heavy (non-hydrogen) atoms. The fourth-order valence-electron chi connectivity index (χ4n) is 3.05. The number of hydrogen-bond donors (Lipinski definition) is 2. The predicted molar refractivity (Wildman–Crippen MR) is 73.1 cm³/mol. The predicted octanol–water partition coefficient (Wildman–Crippen LogP) is 2.13. The van der Waals surface area contributed by atoms with Crippen LogP contribution in [0.2, 0.25) is 0 Å². The molecular weight excluding hydrogens is 242 g/mol. The minimum absolute atomic E-state index is 0.233. The first-order chi connectivity index (χ1) is 9.09. The van der Waals surface area contributed by atoms with E-state index in [4.69, 9.17) is 0 Å². The summed E-state index contributed by atoms with van der Waals surface area (Å²) >= 11 is 0. The van der Waals surface area contributed by atoms with Crippen molar-refractivity contribution in [2.24, 2.45) is 0 Å². The molecule has 5 nitrogen and oxygen atoms in total. The molecule has 2 N–H and O–H groups in total. The summed E-state index contributed by atoms with van der Waals surface area (Å²) in [6, 6.07) is 0.233. The van der Waals surface area contributed by atoms with Crippen LogP contribution in [-0.2, 0) is 4.79 Å². The summed E-state index contributed by atoms with van der Waals surface area (Å²) in [6.45, 7) is 4.78. The standard InChI is InChI=1S/C14H23N3O2/c1-3-7-16-14(13(18)19)6-4-5-12(10-14)17-9-8-15-11(17)2/h8-9,12,16H,3-7,10H2,1-2H3,(H,18,19). The molecule has 1 fully saturated rings. The summed E-state index contributed by atoms with van der Waals surface area (Å²) in [4.78, 5) is 15.9. The van der Waals surface area contributed by atoms with Gasteiger partial charge < -0.3 is 15.0 Å². The van der Waals surface area contributed by atoms with Crippen LogP contribution in [0, 0.1) is 6.92 Å². The number of carboxylic acid groups (broad SMARTS) is 1. The van der Waals surface area contributed by atoms with E-state index in [1.165, 1.54) is 0 Å². The minimum Gasteiger partial charge on any atom is -0.480 e. The highest BCUT2D eigenvalue weighted by atomic mass is 16.4. The number of nitrogens with one attached hydrogen (secondary N) is 1. The van der Waals surface area contributed by atoms with E-state index >= 15 is 0 Å². The van der Waals surface area contributed by atoms with E-state index in [1.807, 2.05) is 13.1 Å². The van der Waals surface area contributed by atoms with Crippen LogP contribution in [0.15, 0.2) is 12.4 Å². The molecule has 106 valence electrons. The first kappa shape index (κ1) is 14.1. The molecular formula is C14H23N3O2. The normalized spacial score (nSPS) is 27.4. The van der Waals surface area contributed by atoms with Gasteiger partial charge in [0, 0.05) is 18.4 Å². The van der Waals surface area contributed by atoms with Crippen LogP contribution in [0.1, 0.15) is 50.9 Å². The van der Waals surface area contributed by atoms with Crippen molar-refractivity contribution in [3.8, 4) is 0 Å². The topological polar surface area (TPSA) is 67.2 Å². The Labute approximate surface area is 114 Å². The molecule has 1 aliphatic rings. The van der Waals surface area contributed by atoms with E-state index in [0.29, 0.717) is 12.8 Å². The molecule has 1 heterocycles. The fourth-order valence-corrected chi connectivity index (χ4v) is 3.05. The first-order valence-corrected chi connectivity index (χ1v) is 7.07. The van der Waals surface area contributed by atoms with Crippen LogP contribution in [0.4, 0.5) is 0 Å². The molecule has 1 saturated carbocycles. The van der Waals surface area contributed by atoms with Crippen LogP contribution >= 0.6 is 0 Å². The Morgan fingerprint density at radius 2 is 2.47 bits per heavy atom. The molecule has 0 amide bonds. The quantitative estimate of drug-likeness (QED) is 0.856. The van der Waals surface area contributed by atoms with Crippen molar-refractivity contribution in [1.29, 1.82) is 0 Å². The second-order valence-electron chi connectivity index (χ2n) is 5.45. The third-order valence-corrected chi connectivity index (χ3v) is 4.10. The van der Waals surface area contributed by atoms with Crippen molar-refractivity contribution in [2.75, 3.05) is 6.54 Å². The highest BCUT2D eigenvalue weighted by Gasteiger charge is 2.43. The number of carbonyl (C=O) groups is 1. The highest BCUT2D eigenvalue weighted by Crippen LogP contribution is 2.36. The molecule has 0 radical (unpaired) electrons. The van der Waals surface area contributed by atoms with Crippen molar-refractivity contribution in [3.63, 3.8) is 0 Å². The molecule has 0 aromatic carbocycles. The Morgan fingerprint density at radius 1 is 1.68 bits per heavy atom. The van der Waals surface area contributed by atoms with Gasteiger partial charge in [-0.15, -0.1) is 0 Å². The summed E-state index contributed by atoms with van der Waals surface area (Å²) in [5, 5.41) is 12.9. The average molecular weight is 265 g/mol. The van der Waals surface area contributed by atoms with Crippen LogP contribution in [0.3, 0.4) is 0 Å². The molecule has 0 saturated heterocycles. The van der Waals surface area contributed by atoms with Crippen LogP contribution in [0.25, 0.3) is 0 Å². The number of imidazole rings is 1. The van der Waals surface area contributed by atoms with Gasteiger partial charge in [-0.05, 0) is 45.6 Å². The highest BCUT2D eigenvalue weighted by molar-refractivity contribution is 5.79. The van der Waals surface area contributed by atoms with E-state index < -0.39 is 11.5 Å². The Kier molecular flexibility index (Phi) is 4.24. The van der Waals surface area contributed by atoms with Gasteiger partial charge in [-0.1, -0.05) is 6.92 Å². The third-order valence-electron chi connectivity index (χ3n) is 4.10. The molecule has 5 heteroatoms. The molecule has 0 aliphatic heterocycles. The van der Waals surface area contributed by atoms with Gasteiger partial charge in [0.25, 0.3) is 0 Å². The Bertz CT molecular complexity index is 444. The van der Waals surface area contributed by atoms with Crippen molar-refractivity contribution in [3.05, 3.63) is 18.2 Å². The summed E-state index contributed by atoms with van der Waals surface area (Å²) in [7, 11) is 0. The molecule has 0 bridgehead atoms. The Balaban J connectivity index is 2.18. The molecule has 2 unspecified atom stereocenters. The maximum Gasteiger partial charge on any atom is 0.323 e. The van der Waals surface area contributed by atoms with Crippen molar-refractivity contribution in [1.82, 2.24) is 14.9 Å². The van der Waals surface area contributed by atoms with Crippen LogP contribution < -0.4 is 5.32 Å². The van der Waals surface area contributed by atoms with E-state index in [0.717, 1.165) is 31.6 Å². The summed E-state index contributed by atoms with van der Waals surface area (Å²) < 4.78 is 2.12. The van der Waals surface area contributed by atoms with Gasteiger partial charge in [0.2, 0.25) is 0 Å². The number of nitrogens with zero attached hydrogens (tertiary/aromatic N) is 2. The van der Waals surface area contributed by atoms with Gasteiger partial charge in [-0.3, -0.25) is 4.79 Å². The van der Waals surface area contributed by atoms with Crippen molar-refractivity contribution < 1.29 is 9.90 Å². The molecule has 2 rings (SSSR count). The van der Waals surface area contributed by atoms with E-state index in [2.05, 4.69) is 21.8 Å². The first-order valence-electron chi connectivity index (χ1n) is 7.07. The van der Waals surface area contributed by atoms with Crippen molar-refractivity contribution in [2.45, 2.75) is 57.5 Å². The van der Waals surface area contributed by atoms with E-state index in [-0.39, 0.29) is 6.04 Å². The zero-order valence-corrected chi connectivity index (χ0v) is 11.7. The molecule has 0 spiro atoms. The number of aryl methyl sites for hydroxylation is 1. The largest absolute Gasteiger partial charge is 0.480 e. The fraction of sp³-hybridized carbons (Fsp3) is 0.714. The average Bonchev–Trinajstić information content (AvgIpc) is 2.83. The van der Waals surface area contributed by atoms with Gasteiger partial charge in [0.1, 0.15) is 11.4 Å². The van der Waals surface area contributed by atoms with Gasteiger partial charge >= 0.3 is 5.97 Å². The lowest BCUT2D eigenvalue weighted by atomic mass is 9.78. The lowest BCUT2D eigenvalue weighted by Gasteiger charge is -2.39. The van der Waals surface area contributed by atoms with Crippen LogP contribution in [-0.4, -0.2) is 32.7 Å². The Hall–Kier alpha value is -1.36. The van der Waals surface area contributed by atoms with Gasteiger partial charge in [-0.25, -0.2) is 4.98 Å². The van der Waals surface area contributed by atoms with Gasteiger partial charge in [0.05, 0.1) is 0 Å². The molecule has 1 aromatic rings. The van der Waals surface area contributed by atoms with Crippen LogP contribution in [0.5, 0.6) is 0 Å². The van der Waals surface area contributed by atoms with Gasteiger partial charge in [-0.2, -0.15) is 0 Å². The second kappa shape index (κ2) is 5.74. The van der Waals surface area contributed by atoms with Crippen molar-refractivity contribution >= 4 is 5.97 Å². The molecule has 1 aromatic heterocycles. The maximum atomic E-state index is 11.7. The zero-order chi connectivity index (χ0) is 13.9. The number of rotatable bonds is 5. The zero-order valence-electron chi connectivity index (χ0n) is 11.7. The molecule has 1 aliphatic carbocycles. The number of aromatic nitrogens is 2. The number of carboxylic acids is 1. The number of aliphatic carboxylic acids is 1. The monoisotopic (exact) mass is 265 g/mol. The number of hydrogen-bond acceptors (Lipinski definition) is 3.